The second kappa shape index (κ2) is 10.0. The topological polar surface area (TPSA) is 78.0 Å². The number of carbonyl (C=O) groups is 2. The van der Waals surface area contributed by atoms with Crippen molar-refractivity contribution in [1.29, 1.82) is 0 Å². The maximum absolute atomic E-state index is 12.7. The molecule has 1 aromatic rings. The number of hydrogen-bond acceptors (Lipinski definition) is 7. The highest BCUT2D eigenvalue weighted by Crippen LogP contribution is 2.36. The summed E-state index contributed by atoms with van der Waals surface area (Å²) in [5.41, 5.74) is -0.439. The van der Waals surface area contributed by atoms with Crippen molar-refractivity contribution in [2.75, 3.05) is 25.2 Å². The number of aromatic nitrogens is 1. The van der Waals surface area contributed by atoms with E-state index in [0.717, 1.165) is 12.8 Å². The molecule has 0 aliphatic carbocycles. The molecule has 0 N–H and O–H groups in total. The third-order valence-electron chi connectivity index (χ3n) is 4.78. The Bertz CT molecular complexity index is 692. The fourth-order valence-electron chi connectivity index (χ4n) is 2.08. The number of ether oxygens (including phenoxy) is 2. The van der Waals surface area contributed by atoms with Crippen LogP contribution in [-0.2, 0) is 13.9 Å². The molecule has 1 aromatic heterocycles. The van der Waals surface area contributed by atoms with Crippen LogP contribution in [0.2, 0.25) is 18.1 Å². The molecule has 0 saturated heterocycles. The third-order valence-corrected chi connectivity index (χ3v) is 10.2. The quantitative estimate of drug-likeness (QED) is 0.300. The van der Waals surface area contributed by atoms with Crippen LogP contribution < -0.4 is 4.90 Å². The minimum atomic E-state index is -1.78. The number of carbonyl (C=O) groups excluding carboxylic acids is 2. The van der Waals surface area contributed by atoms with Gasteiger partial charge in [0.1, 0.15) is 5.60 Å². The molecule has 0 radical (unpaired) electrons. The van der Waals surface area contributed by atoms with Crippen LogP contribution in [0.5, 0.6) is 0 Å². The minimum absolute atomic E-state index is 0.167. The van der Waals surface area contributed by atoms with Gasteiger partial charge < -0.3 is 13.9 Å². The van der Waals surface area contributed by atoms with E-state index in [1.807, 2.05) is 20.8 Å². The van der Waals surface area contributed by atoms with Crippen molar-refractivity contribution in [1.82, 2.24) is 4.98 Å². The number of anilines is 1. The average Bonchev–Trinajstić information content (AvgIpc) is 3.04. The molecule has 1 amide bonds. The van der Waals surface area contributed by atoms with Crippen molar-refractivity contribution < 1.29 is 23.5 Å². The molecule has 0 fully saturated rings. The van der Waals surface area contributed by atoms with Crippen LogP contribution in [0.25, 0.3) is 0 Å². The first kappa shape index (κ1) is 25.6. The van der Waals surface area contributed by atoms with Crippen LogP contribution in [0.4, 0.5) is 9.93 Å². The van der Waals surface area contributed by atoms with E-state index in [0.29, 0.717) is 18.3 Å². The Kier molecular flexibility index (Phi) is 8.85. The number of rotatable bonds is 8. The molecule has 0 bridgehead atoms. The van der Waals surface area contributed by atoms with Gasteiger partial charge in [0.25, 0.3) is 0 Å². The predicted molar refractivity (Wildman–Crippen MR) is 119 cm³/mol. The minimum Gasteiger partial charge on any atom is -0.464 e. The van der Waals surface area contributed by atoms with Gasteiger partial charge in [-0.15, -0.1) is 11.3 Å². The summed E-state index contributed by atoms with van der Waals surface area (Å²) in [4.78, 5) is 30.1. The van der Waals surface area contributed by atoms with Crippen molar-refractivity contribution in [3.63, 3.8) is 0 Å². The highest BCUT2D eigenvalue weighted by atomic mass is 32.1. The summed E-state index contributed by atoms with van der Waals surface area (Å²) >= 11 is 1.22. The first-order valence-electron chi connectivity index (χ1n) is 9.86. The van der Waals surface area contributed by atoms with Crippen molar-refractivity contribution in [3.05, 3.63) is 11.1 Å². The Morgan fingerprint density at radius 3 is 2.28 bits per heavy atom. The third kappa shape index (κ3) is 8.06. The molecule has 0 unspecified atom stereocenters. The van der Waals surface area contributed by atoms with Crippen LogP contribution in [0.15, 0.2) is 5.38 Å². The van der Waals surface area contributed by atoms with Crippen molar-refractivity contribution in [2.45, 2.75) is 78.1 Å². The molecule has 0 aliphatic heterocycles. The monoisotopic (exact) mass is 444 g/mol. The number of unbranched alkanes of at least 4 members (excludes halogenated alkanes) is 1. The van der Waals surface area contributed by atoms with E-state index >= 15 is 0 Å². The van der Waals surface area contributed by atoms with Crippen LogP contribution in [0.1, 0.15) is 64.9 Å². The van der Waals surface area contributed by atoms with E-state index in [1.165, 1.54) is 23.3 Å². The standard InChI is InChI=1S/C20H36N2O5SSi/c1-19(2,3)27-18(24)22(17-21-15(14-28-17)16(23)25-7)12-10-11-13-26-29(8,9)20(4,5)6/h14H,10-13H2,1-9H3. The largest absolute Gasteiger partial charge is 0.464 e. The number of methoxy groups -OCH3 is 1. The molecular weight excluding hydrogens is 408 g/mol. The zero-order chi connectivity index (χ0) is 22.5. The maximum Gasteiger partial charge on any atom is 0.416 e. The SMILES string of the molecule is COC(=O)c1csc(N(CCCCO[Si](C)(C)C(C)(C)C)C(=O)OC(C)(C)C)n1. The first-order chi connectivity index (χ1) is 13.2. The second-order valence-electron chi connectivity index (χ2n) is 9.45. The number of hydrogen-bond donors (Lipinski definition) is 0. The Hall–Kier alpha value is -1.45. The highest BCUT2D eigenvalue weighted by molar-refractivity contribution is 7.14. The lowest BCUT2D eigenvalue weighted by atomic mass is 10.2. The zero-order valence-electron chi connectivity index (χ0n) is 19.2. The molecular formula is C20H36N2O5SSi. The molecule has 0 aromatic carbocycles. The Balaban J connectivity index is 2.77. The van der Waals surface area contributed by atoms with Gasteiger partial charge in [0.15, 0.2) is 19.1 Å². The van der Waals surface area contributed by atoms with E-state index in [-0.39, 0.29) is 10.7 Å². The van der Waals surface area contributed by atoms with Gasteiger partial charge in [-0.2, -0.15) is 0 Å². The molecule has 0 atom stereocenters. The van der Waals surface area contributed by atoms with Crippen molar-refractivity contribution in [2.24, 2.45) is 0 Å². The number of esters is 1. The molecule has 29 heavy (non-hydrogen) atoms. The average molecular weight is 445 g/mol. The Morgan fingerprint density at radius 1 is 1.14 bits per heavy atom. The first-order valence-corrected chi connectivity index (χ1v) is 13.6. The lowest BCUT2D eigenvalue weighted by molar-refractivity contribution is 0.0569. The van der Waals surface area contributed by atoms with Gasteiger partial charge in [-0.3, -0.25) is 4.90 Å². The molecule has 0 aliphatic rings. The lowest BCUT2D eigenvalue weighted by Crippen LogP contribution is -2.41. The second-order valence-corrected chi connectivity index (χ2v) is 15.1. The fraction of sp³-hybridized carbons (Fsp3) is 0.750. The Labute approximate surface area is 179 Å². The van der Waals surface area contributed by atoms with Crippen LogP contribution >= 0.6 is 11.3 Å². The summed E-state index contributed by atoms with van der Waals surface area (Å²) in [5.74, 6) is -0.528. The van der Waals surface area contributed by atoms with Gasteiger partial charge in [-0.05, 0) is 51.7 Å². The van der Waals surface area contributed by atoms with Gasteiger partial charge in [0.2, 0.25) is 0 Å². The molecule has 1 rings (SSSR count). The van der Waals surface area contributed by atoms with Crippen LogP contribution in [-0.4, -0.2) is 51.2 Å². The maximum atomic E-state index is 12.7. The van der Waals surface area contributed by atoms with Gasteiger partial charge in [-0.25, -0.2) is 14.6 Å². The van der Waals surface area contributed by atoms with Gasteiger partial charge in [0.05, 0.1) is 7.11 Å². The predicted octanol–water partition coefficient (Wildman–Crippen LogP) is 5.47. The molecule has 0 saturated carbocycles. The van der Waals surface area contributed by atoms with E-state index < -0.39 is 26.0 Å². The summed E-state index contributed by atoms with van der Waals surface area (Å²) in [6, 6.07) is 0. The Morgan fingerprint density at radius 2 is 1.76 bits per heavy atom. The van der Waals surface area contributed by atoms with Crippen molar-refractivity contribution >= 4 is 36.8 Å². The normalized spacial score (nSPS) is 12.6. The summed E-state index contributed by atoms with van der Waals surface area (Å²) in [7, 11) is -0.479. The smallest absolute Gasteiger partial charge is 0.416 e. The molecule has 1 heterocycles. The fourth-order valence-corrected chi connectivity index (χ4v) is 3.98. The number of nitrogens with zero attached hydrogens (tertiary/aromatic N) is 2. The summed E-state index contributed by atoms with van der Waals surface area (Å²) in [5, 5.41) is 2.17. The van der Waals surface area contributed by atoms with Crippen LogP contribution in [0.3, 0.4) is 0 Å². The van der Waals surface area contributed by atoms with Crippen molar-refractivity contribution in [3.8, 4) is 0 Å². The van der Waals surface area contributed by atoms with E-state index in [1.54, 1.807) is 5.38 Å². The summed E-state index contributed by atoms with van der Waals surface area (Å²) in [6.45, 7) is 17.6. The molecule has 7 nitrogen and oxygen atoms in total. The number of amides is 1. The van der Waals surface area contributed by atoms with Gasteiger partial charge >= 0.3 is 12.1 Å². The van der Waals surface area contributed by atoms with Gasteiger partial charge in [0, 0.05) is 18.5 Å². The lowest BCUT2D eigenvalue weighted by Gasteiger charge is -2.36. The van der Waals surface area contributed by atoms with E-state index in [4.69, 9.17) is 13.9 Å². The summed E-state index contributed by atoms with van der Waals surface area (Å²) in [6.07, 6.45) is 1.08. The molecule has 0 spiro atoms. The highest BCUT2D eigenvalue weighted by Gasteiger charge is 2.36. The molecule has 166 valence electrons. The van der Waals surface area contributed by atoms with Crippen LogP contribution in [0, 0.1) is 0 Å². The summed E-state index contributed by atoms with van der Waals surface area (Å²) < 4.78 is 16.4. The van der Waals surface area contributed by atoms with Gasteiger partial charge in [-0.1, -0.05) is 20.8 Å². The van der Waals surface area contributed by atoms with E-state index in [9.17, 15) is 9.59 Å². The van der Waals surface area contributed by atoms with E-state index in [2.05, 4.69) is 38.8 Å². The molecule has 9 heteroatoms. The number of thiazole rings is 1. The zero-order valence-corrected chi connectivity index (χ0v) is 21.1.